The zero-order chi connectivity index (χ0) is 32.4. The largest absolute Gasteiger partial charge is 0.456 e. The highest BCUT2D eigenvalue weighted by Crippen LogP contribution is 2.43. The first-order chi connectivity index (χ1) is 22.2. The van der Waals surface area contributed by atoms with Gasteiger partial charge in [0.15, 0.2) is 0 Å². The van der Waals surface area contributed by atoms with Crippen molar-refractivity contribution < 1.29 is 17.4 Å². The van der Waals surface area contributed by atoms with Crippen LogP contribution >= 0.6 is 0 Å². The lowest BCUT2D eigenvalue weighted by Crippen LogP contribution is -2.27. The van der Waals surface area contributed by atoms with Crippen LogP contribution in [0.1, 0.15) is 37.8 Å². The predicted octanol–water partition coefficient (Wildman–Crippen LogP) is 9.13. The Morgan fingerprint density at radius 3 is 2.20 bits per heavy atom. The number of benzene rings is 5. The Balaban J connectivity index is 1.70. The van der Waals surface area contributed by atoms with Crippen LogP contribution in [0.15, 0.2) is 119 Å². The topological polar surface area (TPSA) is 73.8 Å². The molecule has 1 heterocycles. The fourth-order valence-corrected chi connectivity index (χ4v) is 7.05. The summed E-state index contributed by atoms with van der Waals surface area (Å²) < 4.78 is 44.5. The number of aryl methyl sites for hydroxylation is 2. The molecule has 4 aromatic carbocycles. The second kappa shape index (κ2) is 12.9. The van der Waals surface area contributed by atoms with Crippen LogP contribution < -0.4 is 14.8 Å². The van der Waals surface area contributed by atoms with Gasteiger partial charge in [-0.05, 0) is 56.2 Å². The summed E-state index contributed by atoms with van der Waals surface area (Å²) in [7, 11) is -4.51. The summed E-state index contributed by atoms with van der Waals surface area (Å²) in [6, 6.07) is 35.4. The molecule has 0 saturated carbocycles. The van der Waals surface area contributed by atoms with E-state index in [4.69, 9.17) is 4.42 Å². The van der Waals surface area contributed by atoms with Crippen LogP contribution in [0.4, 0.5) is 17.1 Å². The van der Waals surface area contributed by atoms with Gasteiger partial charge in [-0.3, -0.25) is 4.55 Å². The van der Waals surface area contributed by atoms with Crippen LogP contribution in [-0.4, -0.2) is 26.1 Å². The van der Waals surface area contributed by atoms with E-state index < -0.39 is 10.1 Å². The lowest BCUT2D eigenvalue weighted by atomic mass is 9.93. The first kappa shape index (κ1) is 31.3. The Morgan fingerprint density at radius 2 is 1.48 bits per heavy atom. The second-order valence-electron chi connectivity index (χ2n) is 11.7. The van der Waals surface area contributed by atoms with Crippen molar-refractivity contribution in [3.63, 3.8) is 0 Å². The Morgan fingerprint density at radius 1 is 0.761 bits per heavy atom. The van der Waals surface area contributed by atoms with Crippen LogP contribution in [0, 0.1) is 13.8 Å². The molecule has 0 radical (unpaired) electrons. The molecule has 6 rings (SSSR count). The number of anilines is 2. The van der Waals surface area contributed by atoms with E-state index in [-0.39, 0.29) is 4.90 Å². The van der Waals surface area contributed by atoms with Crippen molar-refractivity contribution in [2.45, 2.75) is 45.4 Å². The smallest absolute Gasteiger partial charge is 0.295 e. The molecule has 234 valence electrons. The van der Waals surface area contributed by atoms with Crippen molar-refractivity contribution in [3.05, 3.63) is 126 Å². The van der Waals surface area contributed by atoms with E-state index in [0.29, 0.717) is 22.5 Å². The summed E-state index contributed by atoms with van der Waals surface area (Å²) in [6.07, 6.45) is 1.90. The van der Waals surface area contributed by atoms with E-state index >= 15 is 0 Å². The van der Waals surface area contributed by atoms with Gasteiger partial charge >= 0.3 is 0 Å². The Bertz CT molecular complexity index is 2200. The zero-order valence-corrected chi connectivity index (χ0v) is 27.5. The summed E-state index contributed by atoms with van der Waals surface area (Å²) >= 11 is 0. The van der Waals surface area contributed by atoms with Gasteiger partial charge in [0.1, 0.15) is 22.8 Å². The molecule has 1 aliphatic carbocycles. The number of fused-ring (bicyclic) bond motifs is 2. The molecule has 0 amide bonds. The monoisotopic (exact) mass is 631 g/mol. The molecule has 1 N–H and O–H groups in total. The number of hydrogen-bond acceptors (Lipinski definition) is 4. The molecule has 0 bridgehead atoms. The second-order valence-corrected chi connectivity index (χ2v) is 13.1. The highest BCUT2D eigenvalue weighted by molar-refractivity contribution is 7.86. The maximum Gasteiger partial charge on any atom is 0.295 e. The maximum absolute atomic E-state index is 12.6. The molecular formula is C39H39N2O4S+. The third-order valence-corrected chi connectivity index (χ3v) is 9.37. The highest BCUT2D eigenvalue weighted by atomic mass is 32.2. The van der Waals surface area contributed by atoms with Gasteiger partial charge in [0.2, 0.25) is 11.0 Å². The van der Waals surface area contributed by atoms with Crippen molar-refractivity contribution in [3.8, 4) is 22.5 Å². The number of para-hydroxylation sites is 2. The van der Waals surface area contributed by atoms with Gasteiger partial charge in [0.05, 0.1) is 6.07 Å². The molecule has 0 unspecified atom stereocenters. The minimum Gasteiger partial charge on any atom is -0.456 e. The van der Waals surface area contributed by atoms with Gasteiger partial charge < -0.3 is 9.32 Å². The van der Waals surface area contributed by atoms with Crippen molar-refractivity contribution in [1.29, 1.82) is 0 Å². The predicted molar refractivity (Wildman–Crippen MR) is 188 cm³/mol. The molecule has 0 spiro atoms. The third kappa shape index (κ3) is 5.96. The number of nitrogens with zero attached hydrogens (tertiary/aromatic N) is 2. The molecule has 2 aliphatic rings. The quantitative estimate of drug-likeness (QED) is 0.0979. The lowest BCUT2D eigenvalue weighted by Gasteiger charge is -2.27. The average molecular weight is 632 g/mol. The van der Waals surface area contributed by atoms with Crippen molar-refractivity contribution in [1.82, 2.24) is 4.58 Å². The first-order valence-electron chi connectivity index (χ1n) is 15.8. The minimum atomic E-state index is -4.51. The zero-order valence-electron chi connectivity index (χ0n) is 26.7. The van der Waals surface area contributed by atoms with Gasteiger partial charge in [-0.2, -0.15) is 13.0 Å². The summed E-state index contributed by atoms with van der Waals surface area (Å²) in [5, 5.41) is 1.73. The fourth-order valence-electron chi connectivity index (χ4n) is 6.35. The highest BCUT2D eigenvalue weighted by Gasteiger charge is 2.25. The lowest BCUT2D eigenvalue weighted by molar-refractivity contribution is 0.483. The van der Waals surface area contributed by atoms with Crippen LogP contribution in [0.5, 0.6) is 0 Å². The van der Waals surface area contributed by atoms with Crippen molar-refractivity contribution >= 4 is 38.1 Å². The summed E-state index contributed by atoms with van der Waals surface area (Å²) in [6.45, 7) is 10.2. The molecule has 0 aromatic heterocycles. The standard InChI is InChI=1S/C39H38N2O4S/c1-5-23-40(34-16-10-7-13-27(34)3)29-19-21-31-36(25-29)45-37-26-30(41(24-6-2)35-17-11-8-14-28(35)4)20-22-32(37)39(31)33-15-9-12-18-38(33)46(42,43)44/h7-22,25-26H,5-6,23-24H2,1-4H3/p+1. The van der Waals surface area contributed by atoms with Gasteiger partial charge in [-0.25, -0.2) is 0 Å². The molecule has 7 heteroatoms. The van der Waals surface area contributed by atoms with E-state index in [2.05, 4.69) is 73.6 Å². The molecule has 46 heavy (non-hydrogen) atoms. The summed E-state index contributed by atoms with van der Waals surface area (Å²) in [4.78, 5) is 2.15. The SMILES string of the molecule is CCCN(c1ccc2c(-c3ccccc3S(=O)(=O)O)c3cc/c(=[N+](/CCC)c4ccccc4C)cc-3oc2c1)c1ccccc1C. The third-order valence-electron chi connectivity index (χ3n) is 8.45. The van der Waals surface area contributed by atoms with Crippen LogP contribution in [0.3, 0.4) is 0 Å². The van der Waals surface area contributed by atoms with Gasteiger partial charge in [0.25, 0.3) is 10.1 Å². The Kier molecular flexibility index (Phi) is 8.80. The van der Waals surface area contributed by atoms with Crippen molar-refractivity contribution in [2.24, 2.45) is 0 Å². The van der Waals surface area contributed by atoms with Crippen LogP contribution in [0.25, 0.3) is 33.4 Å². The van der Waals surface area contributed by atoms with Crippen LogP contribution in [-0.2, 0) is 10.1 Å². The number of hydrogen-bond donors (Lipinski definition) is 1. The van der Waals surface area contributed by atoms with E-state index in [1.807, 2.05) is 48.5 Å². The Hall–Kier alpha value is -4.72. The molecular weight excluding hydrogens is 593 g/mol. The average Bonchev–Trinajstić information content (AvgIpc) is 3.05. The normalized spacial score (nSPS) is 12.5. The molecule has 4 aromatic rings. The van der Waals surface area contributed by atoms with Crippen LogP contribution in [0.2, 0.25) is 0 Å². The van der Waals surface area contributed by atoms with Crippen molar-refractivity contribution in [2.75, 3.05) is 18.0 Å². The Labute approximate surface area is 271 Å². The van der Waals surface area contributed by atoms with E-state index in [1.54, 1.807) is 18.2 Å². The summed E-state index contributed by atoms with van der Waals surface area (Å²) in [5.74, 6) is 0.620. The maximum atomic E-state index is 12.6. The number of rotatable bonds is 9. The fraction of sp³-hybridized carbons (Fsp3) is 0.205. The molecule has 0 saturated heterocycles. The summed E-state index contributed by atoms with van der Waals surface area (Å²) in [5.41, 5.74) is 8.06. The van der Waals surface area contributed by atoms with Gasteiger partial charge in [-0.15, -0.1) is 0 Å². The molecule has 1 aliphatic heterocycles. The van der Waals surface area contributed by atoms with E-state index in [1.165, 1.54) is 17.2 Å². The minimum absolute atomic E-state index is 0.142. The first-order valence-corrected chi connectivity index (χ1v) is 17.2. The van der Waals surface area contributed by atoms with E-state index in [0.717, 1.165) is 59.3 Å². The van der Waals surface area contributed by atoms with E-state index in [9.17, 15) is 13.0 Å². The van der Waals surface area contributed by atoms with Gasteiger partial charge in [-0.1, -0.05) is 68.4 Å². The molecule has 0 fully saturated rings. The molecule has 6 nitrogen and oxygen atoms in total. The van der Waals surface area contributed by atoms with Gasteiger partial charge in [0, 0.05) is 70.2 Å². The molecule has 0 atom stereocenters.